The van der Waals surface area contributed by atoms with Crippen molar-refractivity contribution in [3.05, 3.63) is 30.1 Å². The fourth-order valence-corrected chi connectivity index (χ4v) is 2.19. The van der Waals surface area contributed by atoms with Crippen LogP contribution in [-0.2, 0) is 6.54 Å². The predicted molar refractivity (Wildman–Crippen MR) is 59.3 cm³/mol. The second-order valence-corrected chi connectivity index (χ2v) is 4.29. The maximum absolute atomic E-state index is 9.14. The van der Waals surface area contributed by atoms with E-state index in [1.54, 1.807) is 6.20 Å². The molecule has 1 unspecified atom stereocenters. The molecule has 0 radical (unpaired) electrons. The van der Waals surface area contributed by atoms with Gasteiger partial charge in [0.1, 0.15) is 0 Å². The molecule has 0 spiro atoms. The molecule has 2 rings (SSSR count). The SMILES string of the molecule is OCC1CCCN(Cc2cccnc2)C1. The topological polar surface area (TPSA) is 36.4 Å². The standard InChI is InChI=1S/C12H18N2O/c15-10-12-4-2-6-14(9-12)8-11-3-1-5-13-7-11/h1,3,5,7,12,15H,2,4,6,8-10H2. The normalized spacial score (nSPS) is 22.9. The zero-order chi connectivity index (χ0) is 10.5. The number of hydrogen-bond acceptors (Lipinski definition) is 3. The van der Waals surface area contributed by atoms with Crippen molar-refractivity contribution in [2.75, 3.05) is 19.7 Å². The van der Waals surface area contributed by atoms with Crippen molar-refractivity contribution in [3.8, 4) is 0 Å². The first-order valence-corrected chi connectivity index (χ1v) is 5.60. The quantitative estimate of drug-likeness (QED) is 0.809. The average Bonchev–Trinajstić information content (AvgIpc) is 2.31. The fourth-order valence-electron chi connectivity index (χ4n) is 2.19. The lowest BCUT2D eigenvalue weighted by Gasteiger charge is -2.31. The van der Waals surface area contributed by atoms with Gasteiger partial charge in [-0.25, -0.2) is 0 Å². The number of pyridine rings is 1. The van der Waals surface area contributed by atoms with Gasteiger partial charge in [0, 0.05) is 32.1 Å². The van der Waals surface area contributed by atoms with Gasteiger partial charge in [-0.05, 0) is 36.9 Å². The van der Waals surface area contributed by atoms with E-state index >= 15 is 0 Å². The van der Waals surface area contributed by atoms with Crippen LogP contribution in [0, 0.1) is 5.92 Å². The van der Waals surface area contributed by atoms with Gasteiger partial charge in [0.2, 0.25) is 0 Å². The van der Waals surface area contributed by atoms with Crippen LogP contribution in [0.1, 0.15) is 18.4 Å². The van der Waals surface area contributed by atoms with Crippen molar-refractivity contribution in [1.82, 2.24) is 9.88 Å². The van der Waals surface area contributed by atoms with Crippen LogP contribution in [-0.4, -0.2) is 34.7 Å². The van der Waals surface area contributed by atoms with Gasteiger partial charge >= 0.3 is 0 Å². The molecule has 15 heavy (non-hydrogen) atoms. The molecule has 1 aliphatic heterocycles. The van der Waals surface area contributed by atoms with Crippen LogP contribution in [0.3, 0.4) is 0 Å². The van der Waals surface area contributed by atoms with Crippen molar-refractivity contribution in [1.29, 1.82) is 0 Å². The van der Waals surface area contributed by atoms with Crippen LogP contribution >= 0.6 is 0 Å². The number of likely N-dealkylation sites (tertiary alicyclic amines) is 1. The minimum absolute atomic E-state index is 0.323. The molecule has 3 nitrogen and oxygen atoms in total. The zero-order valence-corrected chi connectivity index (χ0v) is 8.97. The van der Waals surface area contributed by atoms with Gasteiger partial charge in [0.15, 0.2) is 0 Å². The van der Waals surface area contributed by atoms with Crippen molar-refractivity contribution in [2.45, 2.75) is 19.4 Å². The lowest BCUT2D eigenvalue weighted by Crippen LogP contribution is -2.36. The molecule has 1 aliphatic rings. The fraction of sp³-hybridized carbons (Fsp3) is 0.583. The Bertz CT molecular complexity index is 289. The number of aliphatic hydroxyl groups is 1. The molecule has 1 saturated heterocycles. The maximum atomic E-state index is 9.14. The molecule has 1 fully saturated rings. The second kappa shape index (κ2) is 5.24. The summed E-state index contributed by atoms with van der Waals surface area (Å²) >= 11 is 0. The second-order valence-electron chi connectivity index (χ2n) is 4.29. The first kappa shape index (κ1) is 10.6. The largest absolute Gasteiger partial charge is 0.396 e. The van der Waals surface area contributed by atoms with E-state index in [1.807, 2.05) is 12.3 Å². The van der Waals surface area contributed by atoms with E-state index in [-0.39, 0.29) is 0 Å². The van der Waals surface area contributed by atoms with Crippen LogP contribution in [0.5, 0.6) is 0 Å². The highest BCUT2D eigenvalue weighted by Crippen LogP contribution is 2.17. The molecule has 0 bridgehead atoms. The highest BCUT2D eigenvalue weighted by Gasteiger charge is 2.18. The Balaban J connectivity index is 1.89. The number of piperidine rings is 1. The number of aromatic nitrogens is 1. The Morgan fingerprint density at radius 1 is 1.53 bits per heavy atom. The Labute approximate surface area is 90.8 Å². The van der Waals surface area contributed by atoms with E-state index < -0.39 is 0 Å². The monoisotopic (exact) mass is 206 g/mol. The molecule has 0 aliphatic carbocycles. The summed E-state index contributed by atoms with van der Waals surface area (Å²) < 4.78 is 0. The third kappa shape index (κ3) is 3.01. The van der Waals surface area contributed by atoms with Crippen LogP contribution in [0.25, 0.3) is 0 Å². The lowest BCUT2D eigenvalue weighted by atomic mass is 9.99. The first-order chi connectivity index (χ1) is 7.38. The Morgan fingerprint density at radius 3 is 3.20 bits per heavy atom. The summed E-state index contributed by atoms with van der Waals surface area (Å²) in [7, 11) is 0. The molecule has 0 aromatic carbocycles. The van der Waals surface area contributed by atoms with Crippen molar-refractivity contribution >= 4 is 0 Å². The van der Waals surface area contributed by atoms with Crippen molar-refractivity contribution in [2.24, 2.45) is 5.92 Å². The first-order valence-electron chi connectivity index (χ1n) is 5.60. The van der Waals surface area contributed by atoms with E-state index in [0.29, 0.717) is 12.5 Å². The highest BCUT2D eigenvalue weighted by atomic mass is 16.3. The van der Waals surface area contributed by atoms with Gasteiger partial charge in [-0.2, -0.15) is 0 Å². The van der Waals surface area contributed by atoms with E-state index in [2.05, 4.69) is 16.0 Å². The summed E-state index contributed by atoms with van der Waals surface area (Å²) in [5.74, 6) is 0.468. The molecule has 0 amide bonds. The number of nitrogens with zero attached hydrogens (tertiary/aromatic N) is 2. The molecule has 0 saturated carbocycles. The summed E-state index contributed by atoms with van der Waals surface area (Å²) in [6.07, 6.45) is 6.09. The van der Waals surface area contributed by atoms with Gasteiger partial charge in [0.25, 0.3) is 0 Å². The van der Waals surface area contributed by atoms with Gasteiger partial charge in [-0.1, -0.05) is 6.07 Å². The summed E-state index contributed by atoms with van der Waals surface area (Å²) in [5.41, 5.74) is 1.26. The number of aliphatic hydroxyl groups excluding tert-OH is 1. The molecule has 1 N–H and O–H groups in total. The molecule has 82 valence electrons. The highest BCUT2D eigenvalue weighted by molar-refractivity contribution is 5.08. The smallest absolute Gasteiger partial charge is 0.0471 e. The molecule has 2 heterocycles. The van der Waals surface area contributed by atoms with Gasteiger partial charge in [-0.15, -0.1) is 0 Å². The lowest BCUT2D eigenvalue weighted by molar-refractivity contribution is 0.116. The Morgan fingerprint density at radius 2 is 2.47 bits per heavy atom. The number of hydrogen-bond donors (Lipinski definition) is 1. The molecule has 1 aromatic heterocycles. The van der Waals surface area contributed by atoms with Crippen molar-refractivity contribution in [3.63, 3.8) is 0 Å². The Kier molecular flexibility index (Phi) is 3.69. The van der Waals surface area contributed by atoms with Gasteiger partial charge < -0.3 is 5.11 Å². The van der Waals surface area contributed by atoms with Crippen molar-refractivity contribution < 1.29 is 5.11 Å². The molecule has 3 heteroatoms. The maximum Gasteiger partial charge on any atom is 0.0471 e. The minimum atomic E-state index is 0.323. The third-order valence-electron chi connectivity index (χ3n) is 2.99. The third-order valence-corrected chi connectivity index (χ3v) is 2.99. The predicted octanol–water partition coefficient (Wildman–Crippen LogP) is 1.29. The molecule has 1 atom stereocenters. The summed E-state index contributed by atoms with van der Waals surface area (Å²) in [4.78, 5) is 6.52. The van der Waals surface area contributed by atoms with Crippen LogP contribution in [0.15, 0.2) is 24.5 Å². The molecular weight excluding hydrogens is 188 g/mol. The summed E-state index contributed by atoms with van der Waals surface area (Å²) in [6, 6.07) is 4.08. The zero-order valence-electron chi connectivity index (χ0n) is 8.97. The molecule has 1 aromatic rings. The van der Waals surface area contributed by atoms with Crippen LogP contribution in [0.2, 0.25) is 0 Å². The van der Waals surface area contributed by atoms with E-state index in [0.717, 1.165) is 19.6 Å². The van der Waals surface area contributed by atoms with Gasteiger partial charge in [0.05, 0.1) is 0 Å². The van der Waals surface area contributed by atoms with Gasteiger partial charge in [-0.3, -0.25) is 9.88 Å². The average molecular weight is 206 g/mol. The minimum Gasteiger partial charge on any atom is -0.396 e. The van der Waals surface area contributed by atoms with E-state index in [1.165, 1.54) is 18.4 Å². The summed E-state index contributed by atoms with van der Waals surface area (Å²) in [6.45, 7) is 3.45. The Hall–Kier alpha value is -0.930. The summed E-state index contributed by atoms with van der Waals surface area (Å²) in [5, 5.41) is 9.14. The van der Waals surface area contributed by atoms with Crippen LogP contribution in [0.4, 0.5) is 0 Å². The molecular formula is C12H18N2O. The van der Waals surface area contributed by atoms with E-state index in [9.17, 15) is 0 Å². The number of rotatable bonds is 3. The van der Waals surface area contributed by atoms with Crippen LogP contribution < -0.4 is 0 Å². The van der Waals surface area contributed by atoms with E-state index in [4.69, 9.17) is 5.11 Å².